The van der Waals surface area contributed by atoms with Gasteiger partial charge in [0.05, 0.1) is 12.0 Å². The van der Waals surface area contributed by atoms with E-state index in [1.165, 1.54) is 12.7 Å². The van der Waals surface area contributed by atoms with E-state index in [-0.39, 0.29) is 17.5 Å². The lowest BCUT2D eigenvalue weighted by Crippen LogP contribution is -2.26. The molecule has 6 heteroatoms. The lowest BCUT2D eigenvalue weighted by molar-refractivity contribution is 0.0996. The minimum absolute atomic E-state index is 0.121. The topological polar surface area (TPSA) is 84.5 Å². The predicted molar refractivity (Wildman–Crippen MR) is 99.6 cm³/mol. The lowest BCUT2D eigenvalue weighted by Gasteiger charge is -2.25. The van der Waals surface area contributed by atoms with Crippen molar-refractivity contribution in [2.45, 2.75) is 38.1 Å². The van der Waals surface area contributed by atoms with Crippen LogP contribution in [0.2, 0.25) is 0 Å². The van der Waals surface area contributed by atoms with Crippen molar-refractivity contribution in [3.8, 4) is 0 Å². The quantitative estimate of drug-likeness (QED) is 0.681. The Labute approximate surface area is 150 Å². The molecule has 26 heavy (non-hydrogen) atoms. The fourth-order valence-electron chi connectivity index (χ4n) is 3.45. The highest BCUT2D eigenvalue weighted by Crippen LogP contribution is 2.32. The van der Waals surface area contributed by atoms with Crippen LogP contribution < -0.4 is 16.3 Å². The van der Waals surface area contributed by atoms with E-state index >= 15 is 0 Å². The molecule has 0 unspecified atom stereocenters. The molecular formula is C20H20N2O4. The van der Waals surface area contributed by atoms with Gasteiger partial charge in [0.1, 0.15) is 5.58 Å². The number of fused-ring (bicyclic) bond motifs is 1. The van der Waals surface area contributed by atoms with E-state index in [2.05, 4.69) is 10.6 Å². The second kappa shape index (κ2) is 7.07. The number of furan rings is 1. The molecular weight excluding hydrogens is 332 g/mol. The monoisotopic (exact) mass is 352 g/mol. The van der Waals surface area contributed by atoms with Gasteiger partial charge >= 0.3 is 5.63 Å². The first kappa shape index (κ1) is 16.4. The summed E-state index contributed by atoms with van der Waals surface area (Å²) in [6.07, 6.45) is 7.05. The average Bonchev–Trinajstić information content (AvgIpc) is 3.20. The molecule has 1 saturated carbocycles. The van der Waals surface area contributed by atoms with Crippen LogP contribution in [0.1, 0.15) is 42.7 Å². The van der Waals surface area contributed by atoms with Crippen LogP contribution in [0.25, 0.3) is 11.0 Å². The molecule has 4 rings (SSSR count). The molecule has 1 aliphatic rings. The molecule has 6 nitrogen and oxygen atoms in total. The molecule has 3 aromatic rings. The number of hydrogen-bond acceptors (Lipinski definition) is 5. The van der Waals surface area contributed by atoms with Crippen molar-refractivity contribution in [3.63, 3.8) is 0 Å². The highest BCUT2D eigenvalue weighted by atomic mass is 16.4. The van der Waals surface area contributed by atoms with E-state index < -0.39 is 11.5 Å². The number of benzene rings is 1. The maximum absolute atomic E-state index is 12.5. The van der Waals surface area contributed by atoms with Gasteiger partial charge in [-0.25, -0.2) is 4.79 Å². The highest BCUT2D eigenvalue weighted by molar-refractivity contribution is 6.07. The van der Waals surface area contributed by atoms with Gasteiger partial charge in [-0.2, -0.15) is 0 Å². The Morgan fingerprint density at radius 1 is 1.00 bits per heavy atom. The molecule has 1 aliphatic carbocycles. The largest absolute Gasteiger partial charge is 0.459 e. The van der Waals surface area contributed by atoms with Crippen molar-refractivity contribution in [1.29, 1.82) is 0 Å². The van der Waals surface area contributed by atoms with Crippen LogP contribution in [0.3, 0.4) is 0 Å². The summed E-state index contributed by atoms with van der Waals surface area (Å²) in [6, 6.07) is 10.8. The van der Waals surface area contributed by atoms with Gasteiger partial charge < -0.3 is 19.5 Å². The Morgan fingerprint density at radius 2 is 1.81 bits per heavy atom. The standard InChI is InChI=1S/C20H20N2O4/c23-19(16-11-6-12-25-16)22-18-17(21-13-7-2-1-3-8-13)14-9-4-5-10-15(14)26-20(18)24/h4-6,9-13,21H,1-3,7-8H2,(H,22,23). The molecule has 2 heterocycles. The number of rotatable bonds is 4. The summed E-state index contributed by atoms with van der Waals surface area (Å²) in [5.41, 5.74) is 0.646. The minimum Gasteiger partial charge on any atom is -0.459 e. The molecule has 1 fully saturated rings. The van der Waals surface area contributed by atoms with E-state index in [0.717, 1.165) is 31.1 Å². The summed E-state index contributed by atoms with van der Waals surface area (Å²) >= 11 is 0. The van der Waals surface area contributed by atoms with E-state index in [1.54, 1.807) is 18.2 Å². The lowest BCUT2D eigenvalue weighted by atomic mass is 9.95. The van der Waals surface area contributed by atoms with E-state index in [4.69, 9.17) is 8.83 Å². The van der Waals surface area contributed by atoms with Crippen LogP contribution >= 0.6 is 0 Å². The fraction of sp³-hybridized carbons (Fsp3) is 0.300. The van der Waals surface area contributed by atoms with Gasteiger partial charge in [0.15, 0.2) is 11.4 Å². The number of para-hydroxylation sites is 1. The third kappa shape index (κ3) is 3.22. The molecule has 2 N–H and O–H groups in total. The van der Waals surface area contributed by atoms with Crippen molar-refractivity contribution in [1.82, 2.24) is 0 Å². The van der Waals surface area contributed by atoms with Gasteiger partial charge in [-0.15, -0.1) is 0 Å². The molecule has 1 aromatic carbocycles. The number of amides is 1. The van der Waals surface area contributed by atoms with Gasteiger partial charge in [-0.1, -0.05) is 31.4 Å². The second-order valence-electron chi connectivity index (χ2n) is 6.55. The average molecular weight is 352 g/mol. The number of anilines is 2. The van der Waals surface area contributed by atoms with Gasteiger partial charge in [0.2, 0.25) is 0 Å². The first-order valence-electron chi connectivity index (χ1n) is 8.89. The fourth-order valence-corrected chi connectivity index (χ4v) is 3.45. The van der Waals surface area contributed by atoms with Gasteiger partial charge in [0, 0.05) is 11.4 Å². The summed E-state index contributed by atoms with van der Waals surface area (Å²) in [4.78, 5) is 24.9. The second-order valence-corrected chi connectivity index (χ2v) is 6.55. The minimum atomic E-state index is -0.582. The Morgan fingerprint density at radius 3 is 2.58 bits per heavy atom. The highest BCUT2D eigenvalue weighted by Gasteiger charge is 2.22. The number of hydrogen-bond donors (Lipinski definition) is 2. The van der Waals surface area contributed by atoms with Crippen LogP contribution in [0.5, 0.6) is 0 Å². The van der Waals surface area contributed by atoms with Crippen LogP contribution in [-0.4, -0.2) is 11.9 Å². The summed E-state index contributed by atoms with van der Waals surface area (Å²) in [7, 11) is 0. The molecule has 0 radical (unpaired) electrons. The predicted octanol–water partition coefficient (Wildman–Crippen LogP) is 4.38. The summed E-state index contributed by atoms with van der Waals surface area (Å²) in [6.45, 7) is 0. The maximum atomic E-state index is 12.5. The molecule has 1 amide bonds. The summed E-state index contributed by atoms with van der Waals surface area (Å²) in [5.74, 6) is -0.342. The number of carbonyl (C=O) groups excluding carboxylic acids is 1. The van der Waals surface area contributed by atoms with Crippen LogP contribution in [0, 0.1) is 0 Å². The van der Waals surface area contributed by atoms with Crippen molar-refractivity contribution < 1.29 is 13.6 Å². The Bertz CT molecular complexity index is 969. The molecule has 0 aliphatic heterocycles. The number of carbonyl (C=O) groups is 1. The normalized spacial score (nSPS) is 15.1. The Balaban J connectivity index is 1.76. The maximum Gasteiger partial charge on any atom is 0.362 e. The van der Waals surface area contributed by atoms with Crippen molar-refractivity contribution in [3.05, 3.63) is 58.8 Å². The number of nitrogens with one attached hydrogen (secondary N) is 2. The Kier molecular flexibility index (Phi) is 4.48. The van der Waals surface area contributed by atoms with Crippen molar-refractivity contribution >= 4 is 28.3 Å². The van der Waals surface area contributed by atoms with Crippen LogP contribution in [-0.2, 0) is 0 Å². The third-order valence-electron chi connectivity index (χ3n) is 4.75. The smallest absolute Gasteiger partial charge is 0.362 e. The van der Waals surface area contributed by atoms with E-state index in [0.29, 0.717) is 11.3 Å². The van der Waals surface area contributed by atoms with Crippen molar-refractivity contribution in [2.75, 3.05) is 10.6 Å². The molecule has 0 spiro atoms. The molecule has 0 atom stereocenters. The Hall–Kier alpha value is -3.02. The SMILES string of the molecule is O=C(Nc1c(NC2CCCCC2)c2ccccc2oc1=O)c1ccco1. The van der Waals surface area contributed by atoms with Crippen molar-refractivity contribution in [2.24, 2.45) is 0 Å². The first-order valence-corrected chi connectivity index (χ1v) is 8.89. The molecule has 0 saturated heterocycles. The summed E-state index contributed by atoms with van der Waals surface area (Å²) in [5, 5.41) is 6.91. The van der Waals surface area contributed by atoms with Gasteiger partial charge in [-0.05, 0) is 37.1 Å². The van der Waals surface area contributed by atoms with E-state index in [1.807, 2.05) is 18.2 Å². The zero-order chi connectivity index (χ0) is 17.9. The van der Waals surface area contributed by atoms with Gasteiger partial charge in [-0.3, -0.25) is 4.79 Å². The third-order valence-corrected chi connectivity index (χ3v) is 4.75. The van der Waals surface area contributed by atoms with Crippen LogP contribution in [0.15, 0.2) is 56.3 Å². The summed E-state index contributed by atoms with van der Waals surface area (Å²) < 4.78 is 10.5. The molecule has 2 aromatic heterocycles. The zero-order valence-electron chi connectivity index (χ0n) is 14.3. The first-order chi connectivity index (χ1) is 12.7. The van der Waals surface area contributed by atoms with Gasteiger partial charge in [0.25, 0.3) is 5.91 Å². The zero-order valence-corrected chi connectivity index (χ0v) is 14.3. The van der Waals surface area contributed by atoms with Crippen LogP contribution in [0.4, 0.5) is 11.4 Å². The van der Waals surface area contributed by atoms with E-state index in [9.17, 15) is 9.59 Å². The molecule has 0 bridgehead atoms. The molecule has 134 valence electrons.